The van der Waals surface area contributed by atoms with Gasteiger partial charge in [-0.05, 0) is 95.7 Å². The van der Waals surface area contributed by atoms with Crippen molar-refractivity contribution in [2.75, 3.05) is 4.90 Å². The van der Waals surface area contributed by atoms with Crippen LogP contribution in [-0.4, -0.2) is 6.71 Å². The fourth-order valence-corrected chi connectivity index (χ4v) is 7.63. The molecule has 0 amide bonds. The van der Waals surface area contributed by atoms with Crippen LogP contribution in [0.3, 0.4) is 0 Å². The molecule has 9 rings (SSSR count). The Morgan fingerprint density at radius 2 is 1.30 bits per heavy atom. The summed E-state index contributed by atoms with van der Waals surface area (Å²) in [6.07, 6.45) is 0. The lowest BCUT2D eigenvalue weighted by Crippen LogP contribution is -2.59. The van der Waals surface area contributed by atoms with Gasteiger partial charge in [0.2, 0.25) is 6.71 Å². The molecule has 0 aromatic heterocycles. The number of anilines is 3. The van der Waals surface area contributed by atoms with Crippen molar-refractivity contribution >= 4 is 72.5 Å². The van der Waals surface area contributed by atoms with Gasteiger partial charge in [-0.2, -0.15) is 5.26 Å². The van der Waals surface area contributed by atoms with E-state index < -0.39 is 0 Å². The molecule has 2 aliphatic heterocycles. The predicted octanol–water partition coefficient (Wildman–Crippen LogP) is 8.60. The zero-order valence-electron chi connectivity index (χ0n) is 25.0. The largest absolute Gasteiger partial charge is 0.311 e. The molecule has 3 heteroatoms. The molecule has 0 radical (unpaired) electrons. The quantitative estimate of drug-likeness (QED) is 0.188. The van der Waals surface area contributed by atoms with Crippen LogP contribution in [-0.2, 0) is 5.41 Å². The molecule has 2 aliphatic rings. The smallest absolute Gasteiger partial charge is 0.248 e. The average molecular weight is 561 g/mol. The summed E-state index contributed by atoms with van der Waals surface area (Å²) in [5.74, 6) is 0. The SMILES string of the molecule is CC(C)(C)c1cc2c3c(cccc3c1)B1c3cc4ccccc4cc3N(c3ccc4ccccc4c3)c3cc(C#N)cc-2c31. The fourth-order valence-electron chi connectivity index (χ4n) is 7.63. The molecule has 0 unspecified atom stereocenters. The number of hydrogen-bond acceptors (Lipinski definition) is 2. The van der Waals surface area contributed by atoms with Gasteiger partial charge >= 0.3 is 0 Å². The van der Waals surface area contributed by atoms with E-state index in [1.54, 1.807) is 0 Å². The van der Waals surface area contributed by atoms with Crippen LogP contribution in [0.25, 0.3) is 43.4 Å². The number of hydrogen-bond donors (Lipinski definition) is 0. The molecule has 2 heterocycles. The Kier molecular flexibility index (Phi) is 5.07. The van der Waals surface area contributed by atoms with E-state index in [1.807, 2.05) is 0 Å². The van der Waals surface area contributed by atoms with Crippen molar-refractivity contribution < 1.29 is 0 Å². The second kappa shape index (κ2) is 8.85. The summed E-state index contributed by atoms with van der Waals surface area (Å²) in [7, 11) is 0. The summed E-state index contributed by atoms with van der Waals surface area (Å²) >= 11 is 0. The van der Waals surface area contributed by atoms with E-state index in [2.05, 4.69) is 153 Å². The van der Waals surface area contributed by atoms with Crippen LogP contribution in [0.1, 0.15) is 31.9 Å². The van der Waals surface area contributed by atoms with Crippen LogP contribution in [0.5, 0.6) is 0 Å². The second-order valence-electron chi connectivity index (χ2n) is 13.3. The maximum absolute atomic E-state index is 10.4. The number of fused-ring (bicyclic) bond motifs is 6. The first-order valence-corrected chi connectivity index (χ1v) is 15.4. The van der Waals surface area contributed by atoms with Crippen LogP contribution in [0, 0.1) is 11.3 Å². The van der Waals surface area contributed by atoms with Crippen molar-refractivity contribution in [1.82, 2.24) is 0 Å². The van der Waals surface area contributed by atoms with Gasteiger partial charge < -0.3 is 4.90 Å². The van der Waals surface area contributed by atoms with E-state index in [0.29, 0.717) is 5.56 Å². The molecular weight excluding hydrogens is 531 g/mol. The topological polar surface area (TPSA) is 27.0 Å². The van der Waals surface area contributed by atoms with Gasteiger partial charge in [0.05, 0.1) is 11.6 Å². The summed E-state index contributed by atoms with van der Waals surface area (Å²) in [4.78, 5) is 2.41. The lowest BCUT2D eigenvalue weighted by molar-refractivity contribution is 0.591. The molecule has 44 heavy (non-hydrogen) atoms. The Hall–Kier alpha value is -5.33. The predicted molar refractivity (Wildman–Crippen MR) is 187 cm³/mol. The number of nitriles is 1. The molecule has 7 aromatic carbocycles. The molecule has 0 bridgehead atoms. The molecule has 0 saturated carbocycles. The highest BCUT2D eigenvalue weighted by Crippen LogP contribution is 2.44. The minimum absolute atomic E-state index is 0.00686. The van der Waals surface area contributed by atoms with E-state index in [0.717, 1.165) is 11.4 Å². The summed E-state index contributed by atoms with van der Waals surface area (Å²) in [5.41, 5.74) is 11.7. The Labute approximate surface area is 257 Å². The van der Waals surface area contributed by atoms with E-state index in [9.17, 15) is 5.26 Å². The summed E-state index contributed by atoms with van der Waals surface area (Å²) in [5, 5.41) is 17.8. The van der Waals surface area contributed by atoms with Gasteiger partial charge in [0.1, 0.15) is 0 Å². The van der Waals surface area contributed by atoms with E-state index >= 15 is 0 Å². The van der Waals surface area contributed by atoms with Gasteiger partial charge in [0.15, 0.2) is 0 Å². The highest BCUT2D eigenvalue weighted by Gasteiger charge is 2.41. The minimum atomic E-state index is -0.00686. The number of nitrogens with zero attached hydrogens (tertiary/aromatic N) is 2. The van der Waals surface area contributed by atoms with E-state index in [4.69, 9.17) is 0 Å². The van der Waals surface area contributed by atoms with Crippen LogP contribution < -0.4 is 21.3 Å². The molecule has 7 aromatic rings. The third-order valence-corrected chi connectivity index (χ3v) is 9.73. The minimum Gasteiger partial charge on any atom is -0.311 e. The van der Waals surface area contributed by atoms with Gasteiger partial charge in [-0.25, -0.2) is 0 Å². The lowest BCUT2D eigenvalue weighted by atomic mass is 9.32. The van der Waals surface area contributed by atoms with Crippen molar-refractivity contribution in [1.29, 1.82) is 5.26 Å². The van der Waals surface area contributed by atoms with Gasteiger partial charge in [0.25, 0.3) is 0 Å². The Morgan fingerprint density at radius 3 is 2.05 bits per heavy atom. The zero-order chi connectivity index (χ0) is 29.7. The van der Waals surface area contributed by atoms with Crippen LogP contribution in [0.15, 0.2) is 121 Å². The third kappa shape index (κ3) is 3.49. The molecule has 0 N–H and O–H groups in total. The van der Waals surface area contributed by atoms with E-state index in [1.165, 1.54) is 71.1 Å². The maximum Gasteiger partial charge on any atom is 0.248 e. The molecule has 0 saturated heterocycles. The zero-order valence-corrected chi connectivity index (χ0v) is 25.0. The molecular formula is C41H29BN2. The van der Waals surface area contributed by atoms with Crippen molar-refractivity contribution in [3.63, 3.8) is 0 Å². The fraction of sp³-hybridized carbons (Fsp3) is 0.0976. The van der Waals surface area contributed by atoms with Crippen LogP contribution in [0.4, 0.5) is 17.1 Å². The highest BCUT2D eigenvalue weighted by atomic mass is 15.2. The summed E-state index contributed by atoms with van der Waals surface area (Å²) in [6, 6.07) is 47.0. The van der Waals surface area contributed by atoms with Crippen LogP contribution in [0.2, 0.25) is 0 Å². The van der Waals surface area contributed by atoms with Gasteiger partial charge in [0, 0.05) is 17.1 Å². The van der Waals surface area contributed by atoms with E-state index in [-0.39, 0.29) is 12.1 Å². The normalized spacial score (nSPS) is 13.2. The van der Waals surface area contributed by atoms with Crippen LogP contribution >= 0.6 is 0 Å². The van der Waals surface area contributed by atoms with Gasteiger partial charge in [-0.3, -0.25) is 0 Å². The molecule has 0 spiro atoms. The first-order valence-electron chi connectivity index (χ1n) is 15.4. The average Bonchev–Trinajstić information content (AvgIpc) is 3.04. The monoisotopic (exact) mass is 560 g/mol. The Bertz CT molecular complexity index is 2410. The summed E-state index contributed by atoms with van der Waals surface area (Å²) < 4.78 is 0. The van der Waals surface area contributed by atoms with Gasteiger partial charge in [-0.15, -0.1) is 0 Å². The first-order chi connectivity index (χ1) is 21.4. The lowest BCUT2D eigenvalue weighted by Gasteiger charge is -2.41. The first kappa shape index (κ1) is 25.2. The molecule has 0 aliphatic carbocycles. The standard InChI is InChI=1S/C41H29BN2/c1-41(2,3)31-19-30-13-8-14-35-39(30)33(23-31)34-17-25(24-43)18-38-40(34)42(35)36-21-28-11-6-7-12-29(28)22-37(36)44(38)32-16-15-26-9-4-5-10-27(26)20-32/h4-23H,1-3H3. The Balaban J connectivity index is 1.45. The second-order valence-corrected chi connectivity index (χ2v) is 13.3. The van der Waals surface area contributed by atoms with Crippen molar-refractivity contribution in [3.05, 3.63) is 132 Å². The van der Waals surface area contributed by atoms with Crippen molar-refractivity contribution in [2.24, 2.45) is 0 Å². The number of rotatable bonds is 1. The highest BCUT2D eigenvalue weighted by molar-refractivity contribution is 7.01. The number of benzene rings is 7. The molecule has 0 atom stereocenters. The van der Waals surface area contributed by atoms with Crippen molar-refractivity contribution in [3.8, 4) is 17.2 Å². The maximum atomic E-state index is 10.4. The summed E-state index contributed by atoms with van der Waals surface area (Å²) in [6.45, 7) is 6.89. The molecule has 0 fully saturated rings. The molecule has 2 nitrogen and oxygen atoms in total. The van der Waals surface area contributed by atoms with Gasteiger partial charge in [-0.1, -0.05) is 117 Å². The third-order valence-electron chi connectivity index (χ3n) is 9.73. The Morgan fingerprint density at radius 1 is 0.591 bits per heavy atom. The molecule has 206 valence electrons. The van der Waals surface area contributed by atoms with Crippen molar-refractivity contribution in [2.45, 2.75) is 26.2 Å².